The standard InChI is InChI=1S/C30H36N4O3/c1-2-23-18-26(25(23)14-17-32-21-28(35)34-27-13-12-22(19-31)20-33-27)37-29(36)30(15-8-3-4-9-16-30)24-10-6-5-7-11-24/h2,5-7,10-13,20,23,25-26,32H,1,3-4,8-9,14-18,21H2,(H,33,34,35)/t23?,25?,26-/m0/s1. The molecular formula is C30H36N4O3. The van der Waals surface area contributed by atoms with Crippen molar-refractivity contribution in [3.8, 4) is 6.07 Å². The van der Waals surface area contributed by atoms with Gasteiger partial charge in [0.2, 0.25) is 5.91 Å². The number of rotatable bonds is 10. The molecule has 0 bridgehead atoms. The zero-order valence-electron chi connectivity index (χ0n) is 21.3. The smallest absolute Gasteiger partial charge is 0.316 e. The Kier molecular flexibility index (Phi) is 9.08. The summed E-state index contributed by atoms with van der Waals surface area (Å²) >= 11 is 0. The molecular weight excluding hydrogens is 464 g/mol. The van der Waals surface area contributed by atoms with Crippen LogP contribution in [0.4, 0.5) is 5.82 Å². The van der Waals surface area contributed by atoms with Crippen LogP contribution in [0.15, 0.2) is 61.3 Å². The Morgan fingerprint density at radius 1 is 1.14 bits per heavy atom. The van der Waals surface area contributed by atoms with E-state index in [0.29, 0.717) is 23.8 Å². The number of nitrogens with zero attached hydrogens (tertiary/aromatic N) is 2. The van der Waals surface area contributed by atoms with Gasteiger partial charge in [-0.1, -0.05) is 62.1 Å². The first-order chi connectivity index (χ1) is 18.1. The first-order valence-electron chi connectivity index (χ1n) is 13.3. The maximum atomic E-state index is 13.7. The van der Waals surface area contributed by atoms with Gasteiger partial charge in [-0.25, -0.2) is 4.98 Å². The van der Waals surface area contributed by atoms with Crippen LogP contribution in [0.5, 0.6) is 0 Å². The lowest BCUT2D eigenvalue weighted by Crippen LogP contribution is -2.48. The topological polar surface area (TPSA) is 104 Å². The maximum absolute atomic E-state index is 13.7. The van der Waals surface area contributed by atoms with E-state index in [1.54, 1.807) is 12.1 Å². The molecule has 4 rings (SSSR count). The lowest BCUT2D eigenvalue weighted by Gasteiger charge is -2.44. The molecule has 194 valence electrons. The third-order valence-corrected chi connectivity index (χ3v) is 7.87. The van der Waals surface area contributed by atoms with Crippen molar-refractivity contribution >= 4 is 17.7 Å². The highest BCUT2D eigenvalue weighted by atomic mass is 16.5. The van der Waals surface area contributed by atoms with Crippen LogP contribution >= 0.6 is 0 Å². The molecule has 2 unspecified atom stereocenters. The normalized spacial score (nSPS) is 22.5. The molecule has 7 nitrogen and oxygen atoms in total. The third kappa shape index (κ3) is 6.44. The van der Waals surface area contributed by atoms with Gasteiger partial charge in [-0.15, -0.1) is 6.58 Å². The number of nitrogens with one attached hydrogen (secondary N) is 2. The van der Waals surface area contributed by atoms with Crippen LogP contribution in [0, 0.1) is 23.2 Å². The Balaban J connectivity index is 1.30. The molecule has 7 heteroatoms. The summed E-state index contributed by atoms with van der Waals surface area (Å²) in [6.07, 6.45) is 10.9. The molecule has 2 aliphatic rings. The zero-order valence-corrected chi connectivity index (χ0v) is 21.3. The van der Waals surface area contributed by atoms with Gasteiger partial charge in [0.05, 0.1) is 17.5 Å². The van der Waals surface area contributed by atoms with Crippen LogP contribution in [0.2, 0.25) is 0 Å². The predicted molar refractivity (Wildman–Crippen MR) is 143 cm³/mol. The monoisotopic (exact) mass is 500 g/mol. The minimum absolute atomic E-state index is 0.0830. The molecule has 1 aromatic heterocycles. The Labute approximate surface area is 219 Å². The van der Waals surface area contributed by atoms with E-state index in [1.165, 1.54) is 6.20 Å². The van der Waals surface area contributed by atoms with E-state index in [9.17, 15) is 9.59 Å². The van der Waals surface area contributed by atoms with Gasteiger partial charge < -0.3 is 15.4 Å². The summed E-state index contributed by atoms with van der Waals surface area (Å²) < 4.78 is 6.23. The quantitative estimate of drug-likeness (QED) is 0.208. The van der Waals surface area contributed by atoms with Crippen LogP contribution in [-0.2, 0) is 19.7 Å². The van der Waals surface area contributed by atoms with E-state index in [2.05, 4.69) is 34.3 Å². The summed E-state index contributed by atoms with van der Waals surface area (Å²) in [7, 11) is 0. The molecule has 1 heterocycles. The number of hydrogen-bond donors (Lipinski definition) is 2. The summed E-state index contributed by atoms with van der Waals surface area (Å²) in [5, 5.41) is 14.7. The number of benzene rings is 1. The molecule has 2 fully saturated rings. The number of nitriles is 1. The molecule has 0 saturated heterocycles. The van der Waals surface area contributed by atoms with Crippen LogP contribution in [-0.4, -0.2) is 36.1 Å². The van der Waals surface area contributed by atoms with Gasteiger partial charge in [0.15, 0.2) is 0 Å². The lowest BCUT2D eigenvalue weighted by atomic mass is 9.68. The van der Waals surface area contributed by atoms with E-state index in [-0.39, 0.29) is 30.4 Å². The number of esters is 1. The largest absolute Gasteiger partial charge is 0.461 e. The van der Waals surface area contributed by atoms with E-state index >= 15 is 0 Å². The first-order valence-corrected chi connectivity index (χ1v) is 13.3. The van der Waals surface area contributed by atoms with Crippen molar-refractivity contribution in [2.24, 2.45) is 11.8 Å². The van der Waals surface area contributed by atoms with E-state index < -0.39 is 5.41 Å². The van der Waals surface area contributed by atoms with Crippen LogP contribution in [0.3, 0.4) is 0 Å². The Bertz CT molecular complexity index is 1100. The van der Waals surface area contributed by atoms with Crippen molar-refractivity contribution in [1.29, 1.82) is 5.26 Å². The second-order valence-electron chi connectivity index (χ2n) is 10.2. The average molecular weight is 501 g/mol. The number of ether oxygens (including phenoxy) is 1. The summed E-state index contributed by atoms with van der Waals surface area (Å²) in [4.78, 5) is 30.0. The number of allylic oxidation sites excluding steroid dienone is 1. The highest BCUT2D eigenvalue weighted by Gasteiger charge is 2.47. The second-order valence-corrected chi connectivity index (χ2v) is 10.2. The van der Waals surface area contributed by atoms with Crippen molar-refractivity contribution in [3.63, 3.8) is 0 Å². The average Bonchev–Trinajstić information content (AvgIpc) is 3.18. The minimum Gasteiger partial charge on any atom is -0.461 e. The predicted octanol–water partition coefficient (Wildman–Crippen LogP) is 4.90. The number of carbonyl (C=O) groups excluding carboxylic acids is 2. The van der Waals surface area contributed by atoms with Crippen LogP contribution in [0.25, 0.3) is 0 Å². The number of aromatic nitrogens is 1. The first kappa shape index (κ1) is 26.6. The Morgan fingerprint density at radius 2 is 1.89 bits per heavy atom. The molecule has 0 aliphatic heterocycles. The van der Waals surface area contributed by atoms with E-state index in [1.807, 2.05) is 30.3 Å². The van der Waals surface area contributed by atoms with Crippen molar-refractivity contribution < 1.29 is 14.3 Å². The highest BCUT2D eigenvalue weighted by molar-refractivity contribution is 5.91. The van der Waals surface area contributed by atoms with Gasteiger partial charge in [0, 0.05) is 12.1 Å². The third-order valence-electron chi connectivity index (χ3n) is 7.87. The fourth-order valence-corrected chi connectivity index (χ4v) is 5.65. The summed E-state index contributed by atoms with van der Waals surface area (Å²) in [6.45, 7) is 4.75. The number of carbonyl (C=O) groups is 2. The zero-order chi connectivity index (χ0) is 26.1. The number of hydrogen-bond acceptors (Lipinski definition) is 6. The Morgan fingerprint density at radius 3 is 2.54 bits per heavy atom. The summed E-state index contributed by atoms with van der Waals surface area (Å²) in [5.41, 5.74) is 0.956. The molecule has 3 atom stereocenters. The van der Waals surface area contributed by atoms with Gasteiger partial charge >= 0.3 is 5.97 Å². The van der Waals surface area contributed by atoms with Crippen molar-refractivity contribution in [1.82, 2.24) is 10.3 Å². The van der Waals surface area contributed by atoms with Gasteiger partial charge in [-0.3, -0.25) is 9.59 Å². The van der Waals surface area contributed by atoms with Gasteiger partial charge in [0.1, 0.15) is 18.0 Å². The molecule has 0 spiro atoms. The maximum Gasteiger partial charge on any atom is 0.316 e. The molecule has 1 aromatic carbocycles. The molecule has 2 aliphatic carbocycles. The van der Waals surface area contributed by atoms with Crippen molar-refractivity contribution in [3.05, 3.63) is 72.4 Å². The van der Waals surface area contributed by atoms with Crippen molar-refractivity contribution in [2.75, 3.05) is 18.4 Å². The SMILES string of the molecule is C=CC1C[C@H](OC(=O)C2(c3ccccc3)CCCCCC2)C1CCNCC(=O)Nc1ccc(C#N)cn1. The number of amides is 1. The molecule has 2 saturated carbocycles. The summed E-state index contributed by atoms with van der Waals surface area (Å²) in [5.74, 6) is 0.621. The van der Waals surface area contributed by atoms with Crippen LogP contribution in [0.1, 0.15) is 62.5 Å². The minimum atomic E-state index is -0.558. The molecule has 37 heavy (non-hydrogen) atoms. The molecule has 1 amide bonds. The van der Waals surface area contributed by atoms with Gasteiger partial charge in [0.25, 0.3) is 0 Å². The van der Waals surface area contributed by atoms with E-state index in [4.69, 9.17) is 10.00 Å². The molecule has 0 radical (unpaired) electrons. The number of anilines is 1. The molecule has 2 aromatic rings. The highest BCUT2D eigenvalue weighted by Crippen LogP contribution is 2.44. The second kappa shape index (κ2) is 12.6. The van der Waals surface area contributed by atoms with Crippen molar-refractivity contribution in [2.45, 2.75) is 62.9 Å². The van der Waals surface area contributed by atoms with Gasteiger partial charge in [-0.2, -0.15) is 5.26 Å². The summed E-state index contributed by atoms with van der Waals surface area (Å²) in [6, 6.07) is 15.4. The van der Waals surface area contributed by atoms with Crippen LogP contribution < -0.4 is 10.6 Å². The fourth-order valence-electron chi connectivity index (χ4n) is 5.65. The Hall–Kier alpha value is -3.50. The number of pyridine rings is 1. The fraction of sp³-hybridized carbons (Fsp3) is 0.467. The molecule has 2 N–H and O–H groups in total. The van der Waals surface area contributed by atoms with Gasteiger partial charge in [-0.05, 0) is 55.8 Å². The lowest BCUT2D eigenvalue weighted by molar-refractivity contribution is -0.169. The van der Waals surface area contributed by atoms with E-state index in [0.717, 1.165) is 56.9 Å².